The topological polar surface area (TPSA) is 110 Å². The third kappa shape index (κ3) is 5.30. The molecule has 0 aliphatic rings. The van der Waals surface area contributed by atoms with E-state index in [4.69, 9.17) is 9.84 Å². The van der Waals surface area contributed by atoms with Crippen LogP contribution < -0.4 is 10.1 Å². The van der Waals surface area contributed by atoms with Crippen LogP contribution in [0.15, 0.2) is 35.2 Å². The lowest BCUT2D eigenvalue weighted by Crippen LogP contribution is -2.21. The molecule has 0 heterocycles. The second kappa shape index (κ2) is 7.79. The fourth-order valence-corrected chi connectivity index (χ4v) is 3.42. The smallest absolute Gasteiger partial charge is 0.335 e. The van der Waals surface area contributed by atoms with Crippen LogP contribution >= 0.6 is 0 Å². The van der Waals surface area contributed by atoms with Crippen molar-refractivity contribution in [1.82, 2.24) is 0 Å². The number of carboxylic acid groups (broad SMARTS) is 1. The molecule has 7 nitrogen and oxygen atoms in total. The predicted molar refractivity (Wildman–Crippen MR) is 101 cm³/mol. The molecule has 27 heavy (non-hydrogen) atoms. The summed E-state index contributed by atoms with van der Waals surface area (Å²) in [5.74, 6) is -1.22. The number of ether oxygens (including phenoxy) is 1. The Kier molecular flexibility index (Phi) is 5.90. The SMILES string of the molecule is Cc1cc(C)c(OCC(=O)Nc2cc(C(=O)O)cc(S(C)(=O)=O)c2)c(C)c1. The molecule has 0 unspecified atom stereocenters. The van der Waals surface area contributed by atoms with Gasteiger partial charge in [-0.25, -0.2) is 13.2 Å². The molecule has 2 rings (SSSR count). The van der Waals surface area contributed by atoms with Gasteiger partial charge in [0.15, 0.2) is 16.4 Å². The maximum absolute atomic E-state index is 12.2. The van der Waals surface area contributed by atoms with Crippen molar-refractivity contribution in [3.05, 3.63) is 52.6 Å². The van der Waals surface area contributed by atoms with Crippen LogP contribution in [0.1, 0.15) is 27.0 Å². The highest BCUT2D eigenvalue weighted by molar-refractivity contribution is 7.90. The number of carboxylic acids is 1. The Morgan fingerprint density at radius 1 is 1.04 bits per heavy atom. The minimum absolute atomic E-state index is 0.0706. The lowest BCUT2D eigenvalue weighted by Gasteiger charge is -2.13. The average molecular weight is 391 g/mol. The molecule has 0 fully saturated rings. The summed E-state index contributed by atoms with van der Waals surface area (Å²) in [5.41, 5.74) is 2.71. The summed E-state index contributed by atoms with van der Waals surface area (Å²) in [7, 11) is -3.63. The molecular formula is C19H21NO6S. The molecular weight excluding hydrogens is 370 g/mol. The first-order chi connectivity index (χ1) is 12.5. The number of anilines is 1. The number of hydrogen-bond donors (Lipinski definition) is 2. The van der Waals surface area contributed by atoms with Crippen molar-refractivity contribution >= 4 is 27.4 Å². The van der Waals surface area contributed by atoms with Gasteiger partial charge in [0, 0.05) is 11.9 Å². The molecule has 0 spiro atoms. The third-order valence-electron chi connectivity index (χ3n) is 3.82. The lowest BCUT2D eigenvalue weighted by molar-refractivity contribution is -0.118. The van der Waals surface area contributed by atoms with Crippen LogP contribution in [-0.4, -0.2) is 38.3 Å². The first kappa shape index (κ1) is 20.4. The van der Waals surface area contributed by atoms with Crippen LogP contribution in [0, 0.1) is 20.8 Å². The van der Waals surface area contributed by atoms with Crippen molar-refractivity contribution in [3.8, 4) is 5.75 Å². The van der Waals surface area contributed by atoms with Gasteiger partial charge in [0.1, 0.15) is 5.75 Å². The number of rotatable bonds is 6. The molecule has 0 aliphatic heterocycles. The van der Waals surface area contributed by atoms with Gasteiger partial charge < -0.3 is 15.2 Å². The van der Waals surface area contributed by atoms with Gasteiger partial charge in [0.2, 0.25) is 0 Å². The van der Waals surface area contributed by atoms with Gasteiger partial charge in [-0.05, 0) is 50.1 Å². The zero-order valence-electron chi connectivity index (χ0n) is 15.5. The van der Waals surface area contributed by atoms with Gasteiger partial charge in [-0.2, -0.15) is 0 Å². The van der Waals surface area contributed by atoms with E-state index in [9.17, 15) is 18.0 Å². The van der Waals surface area contributed by atoms with E-state index in [2.05, 4.69) is 5.32 Å². The average Bonchev–Trinajstić information content (AvgIpc) is 2.52. The molecule has 0 radical (unpaired) electrons. The van der Waals surface area contributed by atoms with Crippen molar-refractivity contribution in [3.63, 3.8) is 0 Å². The standard InChI is InChI=1S/C19H21NO6S/c1-11-5-12(2)18(13(3)6-11)26-10-17(21)20-15-7-14(19(22)23)8-16(9-15)27(4,24)25/h5-9H,10H2,1-4H3,(H,20,21)(H,22,23). The van der Waals surface area contributed by atoms with Gasteiger partial charge in [-0.1, -0.05) is 17.7 Å². The van der Waals surface area contributed by atoms with Crippen LogP contribution in [0.3, 0.4) is 0 Å². The highest BCUT2D eigenvalue weighted by Crippen LogP contribution is 2.24. The van der Waals surface area contributed by atoms with Gasteiger partial charge in [-0.15, -0.1) is 0 Å². The number of sulfone groups is 1. The van der Waals surface area contributed by atoms with Crippen LogP contribution in [0.5, 0.6) is 5.75 Å². The Balaban J connectivity index is 2.18. The third-order valence-corrected chi connectivity index (χ3v) is 4.91. The number of carbonyl (C=O) groups is 2. The van der Waals surface area contributed by atoms with Crippen molar-refractivity contribution in [2.75, 3.05) is 18.2 Å². The van der Waals surface area contributed by atoms with Crippen molar-refractivity contribution in [2.45, 2.75) is 25.7 Å². The minimum Gasteiger partial charge on any atom is -0.483 e. The molecule has 2 aromatic rings. The molecule has 0 saturated carbocycles. The summed E-state index contributed by atoms with van der Waals surface area (Å²) in [6.45, 7) is 5.42. The predicted octanol–water partition coefficient (Wildman–Crippen LogP) is 2.73. The Hall–Kier alpha value is -2.87. The Morgan fingerprint density at radius 2 is 1.63 bits per heavy atom. The molecule has 144 valence electrons. The summed E-state index contributed by atoms with van der Waals surface area (Å²) in [6, 6.07) is 7.33. The van der Waals surface area contributed by atoms with Gasteiger partial charge in [0.05, 0.1) is 10.5 Å². The number of aromatic carboxylic acids is 1. The lowest BCUT2D eigenvalue weighted by atomic mass is 10.1. The quantitative estimate of drug-likeness (QED) is 0.783. The molecule has 1 amide bonds. The van der Waals surface area contributed by atoms with Gasteiger partial charge in [0.25, 0.3) is 5.91 Å². The molecule has 2 aromatic carbocycles. The monoisotopic (exact) mass is 391 g/mol. The highest BCUT2D eigenvalue weighted by Gasteiger charge is 2.15. The number of benzene rings is 2. The van der Waals surface area contributed by atoms with E-state index < -0.39 is 21.7 Å². The number of aryl methyl sites for hydroxylation is 3. The highest BCUT2D eigenvalue weighted by atomic mass is 32.2. The van der Waals surface area contributed by atoms with Crippen molar-refractivity contribution < 1.29 is 27.9 Å². The van der Waals surface area contributed by atoms with Crippen LogP contribution in [0.4, 0.5) is 5.69 Å². The van der Waals surface area contributed by atoms with Crippen LogP contribution in [0.25, 0.3) is 0 Å². The van der Waals surface area contributed by atoms with Crippen molar-refractivity contribution in [1.29, 1.82) is 0 Å². The van der Waals surface area contributed by atoms with E-state index in [0.717, 1.165) is 29.0 Å². The summed E-state index contributed by atoms with van der Waals surface area (Å²) < 4.78 is 29.0. The molecule has 0 atom stereocenters. The number of amides is 1. The van der Waals surface area contributed by atoms with E-state index in [1.165, 1.54) is 12.1 Å². The maximum Gasteiger partial charge on any atom is 0.335 e. The van der Waals surface area contributed by atoms with E-state index in [1.54, 1.807) is 0 Å². The molecule has 0 aliphatic carbocycles. The summed E-state index contributed by atoms with van der Waals surface area (Å²) in [5, 5.41) is 11.6. The number of carbonyl (C=O) groups excluding carboxylic acids is 1. The van der Waals surface area contributed by atoms with Gasteiger partial charge >= 0.3 is 5.97 Å². The second-order valence-corrected chi connectivity index (χ2v) is 8.40. The molecule has 0 bridgehead atoms. The van der Waals surface area contributed by atoms with Crippen LogP contribution in [-0.2, 0) is 14.6 Å². The maximum atomic E-state index is 12.2. The fraction of sp³-hybridized carbons (Fsp3) is 0.263. The van der Waals surface area contributed by atoms with E-state index in [-0.39, 0.29) is 22.8 Å². The molecule has 2 N–H and O–H groups in total. The number of nitrogens with one attached hydrogen (secondary N) is 1. The first-order valence-electron chi connectivity index (χ1n) is 8.06. The zero-order valence-corrected chi connectivity index (χ0v) is 16.3. The van der Waals surface area contributed by atoms with Gasteiger partial charge in [-0.3, -0.25) is 4.79 Å². The summed E-state index contributed by atoms with van der Waals surface area (Å²) >= 11 is 0. The molecule has 8 heteroatoms. The second-order valence-electron chi connectivity index (χ2n) is 6.39. The largest absolute Gasteiger partial charge is 0.483 e. The Bertz CT molecular complexity index is 988. The minimum atomic E-state index is -3.63. The fourth-order valence-electron chi connectivity index (χ4n) is 2.74. The Morgan fingerprint density at radius 3 is 2.15 bits per heavy atom. The normalized spacial score (nSPS) is 11.1. The van der Waals surface area contributed by atoms with E-state index >= 15 is 0 Å². The summed E-state index contributed by atoms with van der Waals surface area (Å²) in [6.07, 6.45) is 0.964. The Labute approximate surface area is 157 Å². The van der Waals surface area contributed by atoms with E-state index in [0.29, 0.717) is 5.75 Å². The molecule has 0 saturated heterocycles. The summed E-state index contributed by atoms with van der Waals surface area (Å²) in [4.78, 5) is 23.2. The zero-order chi connectivity index (χ0) is 20.4. The number of hydrogen-bond acceptors (Lipinski definition) is 5. The van der Waals surface area contributed by atoms with Crippen molar-refractivity contribution in [2.24, 2.45) is 0 Å². The first-order valence-corrected chi connectivity index (χ1v) is 9.95. The van der Waals surface area contributed by atoms with Crippen LogP contribution in [0.2, 0.25) is 0 Å². The van der Waals surface area contributed by atoms with E-state index in [1.807, 2.05) is 32.9 Å². The molecule has 0 aromatic heterocycles.